The van der Waals surface area contributed by atoms with E-state index < -0.39 is 11.9 Å². The predicted molar refractivity (Wildman–Crippen MR) is 89.2 cm³/mol. The first kappa shape index (κ1) is 17.3. The first-order valence-electron chi connectivity index (χ1n) is 7.93. The number of alkyl halides is 3. The Labute approximate surface area is 144 Å². The maximum atomic E-state index is 12.9. The van der Waals surface area contributed by atoms with Gasteiger partial charge in [-0.2, -0.15) is 13.2 Å². The summed E-state index contributed by atoms with van der Waals surface area (Å²) in [6.45, 7) is 4.08. The average Bonchev–Trinajstić information content (AvgIpc) is 2.61. The third-order valence-electron chi connectivity index (χ3n) is 4.16. The lowest BCUT2D eigenvalue weighted by Crippen LogP contribution is -2.47. The lowest BCUT2D eigenvalue weighted by molar-refractivity contribution is -0.141. The monoisotopic (exact) mass is 352 g/mol. The molecule has 0 amide bonds. The highest BCUT2D eigenvalue weighted by atomic mass is 19.4. The first-order chi connectivity index (χ1) is 11.9. The summed E-state index contributed by atoms with van der Waals surface area (Å²) in [6.07, 6.45) is -4.46. The largest absolute Gasteiger partial charge is 0.497 e. The fraction of sp³-hybridized carbons (Fsp3) is 0.412. The van der Waals surface area contributed by atoms with E-state index in [1.165, 1.54) is 6.92 Å². The molecule has 0 unspecified atom stereocenters. The summed E-state index contributed by atoms with van der Waals surface area (Å²) < 4.78 is 43.9. The van der Waals surface area contributed by atoms with Crippen LogP contribution < -0.4 is 14.5 Å². The Morgan fingerprint density at radius 3 is 2.12 bits per heavy atom. The van der Waals surface area contributed by atoms with Crippen molar-refractivity contribution >= 4 is 11.5 Å². The van der Waals surface area contributed by atoms with E-state index in [9.17, 15) is 13.2 Å². The van der Waals surface area contributed by atoms with Gasteiger partial charge in [0.2, 0.25) is 0 Å². The Morgan fingerprint density at radius 2 is 1.56 bits per heavy atom. The summed E-state index contributed by atoms with van der Waals surface area (Å²) in [5, 5.41) is 0. The number of methoxy groups -OCH3 is 1. The van der Waals surface area contributed by atoms with Gasteiger partial charge in [-0.25, -0.2) is 9.97 Å². The second kappa shape index (κ2) is 6.78. The molecule has 1 aliphatic rings. The van der Waals surface area contributed by atoms with Crippen molar-refractivity contribution in [2.45, 2.75) is 13.1 Å². The number of aromatic nitrogens is 2. The fourth-order valence-corrected chi connectivity index (χ4v) is 2.85. The molecule has 134 valence electrons. The van der Waals surface area contributed by atoms with Crippen molar-refractivity contribution in [1.29, 1.82) is 0 Å². The Kier molecular flexibility index (Phi) is 4.69. The third kappa shape index (κ3) is 3.94. The summed E-state index contributed by atoms with van der Waals surface area (Å²) in [5.74, 6) is 1.25. The van der Waals surface area contributed by atoms with Gasteiger partial charge in [0, 0.05) is 37.9 Å². The normalized spacial score (nSPS) is 15.4. The Morgan fingerprint density at radius 1 is 0.960 bits per heavy atom. The Bertz CT molecular complexity index is 726. The second-order valence-corrected chi connectivity index (χ2v) is 5.83. The molecule has 25 heavy (non-hydrogen) atoms. The lowest BCUT2D eigenvalue weighted by atomic mass is 10.2. The molecule has 0 atom stereocenters. The van der Waals surface area contributed by atoms with Gasteiger partial charge in [0.25, 0.3) is 0 Å². The zero-order valence-electron chi connectivity index (χ0n) is 14.0. The number of nitrogens with zero attached hydrogens (tertiary/aromatic N) is 4. The second-order valence-electron chi connectivity index (χ2n) is 5.83. The molecule has 8 heteroatoms. The smallest absolute Gasteiger partial charge is 0.433 e. The SMILES string of the molecule is COc1ccc(N2CCN(c3cc(C(F)(F)F)nc(C)n3)CC2)cc1. The molecular weight excluding hydrogens is 333 g/mol. The van der Waals surface area contributed by atoms with Crippen LogP contribution in [-0.2, 0) is 6.18 Å². The van der Waals surface area contributed by atoms with E-state index in [2.05, 4.69) is 14.9 Å². The molecule has 1 aromatic heterocycles. The molecule has 1 aliphatic heterocycles. The van der Waals surface area contributed by atoms with Crippen LogP contribution in [0, 0.1) is 6.92 Å². The number of hydrogen-bond acceptors (Lipinski definition) is 5. The highest BCUT2D eigenvalue weighted by molar-refractivity contribution is 5.51. The number of aryl methyl sites for hydroxylation is 1. The number of benzene rings is 1. The highest BCUT2D eigenvalue weighted by Gasteiger charge is 2.34. The molecule has 2 heterocycles. The fourth-order valence-electron chi connectivity index (χ4n) is 2.85. The van der Waals surface area contributed by atoms with E-state index >= 15 is 0 Å². The quantitative estimate of drug-likeness (QED) is 0.849. The third-order valence-corrected chi connectivity index (χ3v) is 4.16. The number of halogens is 3. The van der Waals surface area contributed by atoms with Gasteiger partial charge < -0.3 is 14.5 Å². The van der Waals surface area contributed by atoms with Crippen molar-refractivity contribution in [3.8, 4) is 5.75 Å². The van der Waals surface area contributed by atoms with Gasteiger partial charge in [-0.15, -0.1) is 0 Å². The molecule has 1 saturated heterocycles. The van der Waals surface area contributed by atoms with Crippen LogP contribution in [0.4, 0.5) is 24.7 Å². The van der Waals surface area contributed by atoms with Crippen molar-refractivity contribution in [2.24, 2.45) is 0 Å². The number of piperazine rings is 1. The maximum absolute atomic E-state index is 12.9. The zero-order valence-corrected chi connectivity index (χ0v) is 14.0. The van der Waals surface area contributed by atoms with Crippen molar-refractivity contribution in [3.05, 3.63) is 41.9 Å². The number of rotatable bonds is 3. The van der Waals surface area contributed by atoms with E-state index in [4.69, 9.17) is 4.74 Å². The molecule has 3 rings (SSSR count). The Hall–Kier alpha value is -2.51. The van der Waals surface area contributed by atoms with Gasteiger partial charge in [-0.05, 0) is 31.2 Å². The Balaban J connectivity index is 1.70. The van der Waals surface area contributed by atoms with Crippen molar-refractivity contribution < 1.29 is 17.9 Å². The van der Waals surface area contributed by atoms with Gasteiger partial charge in [0.15, 0.2) is 0 Å². The van der Waals surface area contributed by atoms with Crippen LogP contribution in [0.15, 0.2) is 30.3 Å². The molecule has 1 aromatic carbocycles. The van der Waals surface area contributed by atoms with E-state index in [-0.39, 0.29) is 5.82 Å². The van der Waals surface area contributed by atoms with Crippen molar-refractivity contribution in [2.75, 3.05) is 43.1 Å². The van der Waals surface area contributed by atoms with E-state index in [0.29, 0.717) is 32.0 Å². The van der Waals surface area contributed by atoms with Gasteiger partial charge in [-0.3, -0.25) is 0 Å². The van der Waals surface area contributed by atoms with Crippen LogP contribution in [-0.4, -0.2) is 43.3 Å². The topological polar surface area (TPSA) is 41.5 Å². The predicted octanol–water partition coefficient (Wildman–Crippen LogP) is 3.14. The van der Waals surface area contributed by atoms with Gasteiger partial charge in [-0.1, -0.05) is 0 Å². The van der Waals surface area contributed by atoms with Crippen LogP contribution in [0.2, 0.25) is 0 Å². The van der Waals surface area contributed by atoms with Crippen LogP contribution >= 0.6 is 0 Å². The molecule has 0 spiro atoms. The molecule has 1 fully saturated rings. The minimum atomic E-state index is -4.46. The number of hydrogen-bond donors (Lipinski definition) is 0. The summed E-state index contributed by atoms with van der Waals surface area (Å²) >= 11 is 0. The van der Waals surface area contributed by atoms with Crippen LogP contribution in [0.3, 0.4) is 0 Å². The van der Waals surface area contributed by atoms with Crippen molar-refractivity contribution in [1.82, 2.24) is 9.97 Å². The summed E-state index contributed by atoms with van der Waals surface area (Å²) in [5.41, 5.74) is 0.169. The maximum Gasteiger partial charge on any atom is 0.433 e. The van der Waals surface area contributed by atoms with Gasteiger partial charge in [0.1, 0.15) is 23.1 Å². The average molecular weight is 352 g/mol. The van der Waals surface area contributed by atoms with E-state index in [0.717, 1.165) is 17.5 Å². The highest BCUT2D eigenvalue weighted by Crippen LogP contribution is 2.30. The van der Waals surface area contributed by atoms with E-state index in [1.807, 2.05) is 29.2 Å². The summed E-state index contributed by atoms with van der Waals surface area (Å²) in [6, 6.07) is 8.77. The lowest BCUT2D eigenvalue weighted by Gasteiger charge is -2.37. The molecular formula is C17H19F3N4O. The number of anilines is 2. The first-order valence-corrected chi connectivity index (χ1v) is 7.93. The van der Waals surface area contributed by atoms with Crippen molar-refractivity contribution in [3.63, 3.8) is 0 Å². The molecule has 2 aromatic rings. The molecule has 0 radical (unpaired) electrons. The number of ether oxygens (including phenoxy) is 1. The molecule has 0 bridgehead atoms. The van der Waals surface area contributed by atoms with Gasteiger partial charge >= 0.3 is 6.18 Å². The standard InChI is InChI=1S/C17H19F3N4O/c1-12-21-15(17(18,19)20)11-16(22-12)24-9-7-23(8-10-24)13-3-5-14(25-2)6-4-13/h3-6,11H,7-10H2,1-2H3. The molecule has 0 saturated carbocycles. The van der Waals surface area contributed by atoms with E-state index in [1.54, 1.807) is 7.11 Å². The van der Waals surface area contributed by atoms with Crippen LogP contribution in [0.5, 0.6) is 5.75 Å². The van der Waals surface area contributed by atoms with Crippen LogP contribution in [0.25, 0.3) is 0 Å². The van der Waals surface area contributed by atoms with Crippen LogP contribution in [0.1, 0.15) is 11.5 Å². The molecule has 0 aliphatic carbocycles. The van der Waals surface area contributed by atoms with Gasteiger partial charge in [0.05, 0.1) is 7.11 Å². The zero-order chi connectivity index (χ0) is 18.0. The summed E-state index contributed by atoms with van der Waals surface area (Å²) in [7, 11) is 1.62. The molecule has 0 N–H and O–H groups in total. The minimum Gasteiger partial charge on any atom is -0.497 e. The summed E-state index contributed by atoms with van der Waals surface area (Å²) in [4.78, 5) is 11.7. The molecule has 5 nitrogen and oxygen atoms in total. The minimum absolute atomic E-state index is 0.127.